The minimum atomic E-state index is 0.636. The van der Waals surface area contributed by atoms with Gasteiger partial charge in [0.05, 0.1) is 19.4 Å². The lowest BCUT2D eigenvalue weighted by molar-refractivity contribution is 0.122. The first kappa shape index (κ1) is 13.3. The average molecular weight is 315 g/mol. The molecule has 1 N–H and O–H groups in total. The fourth-order valence-electron chi connectivity index (χ4n) is 2.24. The van der Waals surface area contributed by atoms with Gasteiger partial charge in [-0.2, -0.15) is 0 Å². The predicted octanol–water partition coefficient (Wildman–Crippen LogP) is 1.46. The summed E-state index contributed by atoms with van der Waals surface area (Å²) in [6, 6.07) is 0. The van der Waals surface area contributed by atoms with E-state index in [0.717, 1.165) is 18.2 Å². The number of rotatable bonds is 3. The molecule has 3 aromatic rings. The lowest BCUT2D eigenvalue weighted by atomic mass is 10.4. The second-order valence-electron chi connectivity index (χ2n) is 4.69. The number of ether oxygens (including phenoxy) is 1. The molecule has 0 saturated carbocycles. The van der Waals surface area contributed by atoms with E-state index in [4.69, 9.17) is 4.74 Å². The number of hydrogen-bond acceptors (Lipinski definition) is 9. The van der Waals surface area contributed by atoms with Crippen LogP contribution < -0.4 is 10.2 Å². The molecule has 4 rings (SSSR count). The number of nitrogens with one attached hydrogen (secondary N) is 1. The maximum absolute atomic E-state index is 5.36. The summed E-state index contributed by atoms with van der Waals surface area (Å²) in [5, 5.41) is 5.85. The van der Waals surface area contributed by atoms with Crippen molar-refractivity contribution in [1.82, 2.24) is 24.9 Å². The van der Waals surface area contributed by atoms with Gasteiger partial charge in [-0.05, 0) is 0 Å². The highest BCUT2D eigenvalue weighted by atomic mass is 32.1. The average Bonchev–Trinajstić information content (AvgIpc) is 3.09. The van der Waals surface area contributed by atoms with Crippen LogP contribution in [0.3, 0.4) is 0 Å². The quantitative estimate of drug-likeness (QED) is 0.777. The van der Waals surface area contributed by atoms with Gasteiger partial charge >= 0.3 is 0 Å². The normalized spacial score (nSPS) is 15.2. The van der Waals surface area contributed by atoms with Crippen molar-refractivity contribution in [2.45, 2.75) is 0 Å². The lowest BCUT2D eigenvalue weighted by Crippen LogP contribution is -2.37. The van der Waals surface area contributed by atoms with Gasteiger partial charge in [0.15, 0.2) is 10.9 Å². The Labute approximate surface area is 130 Å². The topological polar surface area (TPSA) is 89.0 Å². The molecule has 22 heavy (non-hydrogen) atoms. The van der Waals surface area contributed by atoms with E-state index in [1.54, 1.807) is 12.4 Å². The zero-order chi connectivity index (χ0) is 14.8. The van der Waals surface area contributed by atoms with Crippen LogP contribution in [-0.4, -0.2) is 51.2 Å². The number of fused-ring (bicyclic) bond motifs is 1. The fraction of sp³-hybridized carbons (Fsp3) is 0.308. The van der Waals surface area contributed by atoms with Crippen molar-refractivity contribution in [1.29, 1.82) is 0 Å². The summed E-state index contributed by atoms with van der Waals surface area (Å²) in [7, 11) is 0. The van der Waals surface area contributed by atoms with Crippen LogP contribution in [0.1, 0.15) is 0 Å². The summed E-state index contributed by atoms with van der Waals surface area (Å²) in [4.78, 5) is 23.8. The van der Waals surface area contributed by atoms with Crippen LogP contribution >= 0.6 is 11.3 Å². The van der Waals surface area contributed by atoms with Crippen molar-refractivity contribution in [2.24, 2.45) is 0 Å². The molecule has 1 aliphatic heterocycles. The summed E-state index contributed by atoms with van der Waals surface area (Å²) < 4.78 is 5.36. The Morgan fingerprint density at radius 2 is 2.05 bits per heavy atom. The second kappa shape index (κ2) is 5.78. The van der Waals surface area contributed by atoms with Gasteiger partial charge < -0.3 is 15.0 Å². The molecule has 0 bridgehead atoms. The summed E-state index contributed by atoms with van der Waals surface area (Å²) >= 11 is 1.51. The van der Waals surface area contributed by atoms with Gasteiger partial charge in [0, 0.05) is 24.7 Å². The first-order chi connectivity index (χ1) is 10.9. The van der Waals surface area contributed by atoms with Crippen LogP contribution in [0.15, 0.2) is 24.1 Å². The number of anilines is 3. The van der Waals surface area contributed by atoms with Crippen molar-refractivity contribution in [3.8, 4) is 0 Å². The Morgan fingerprint density at radius 3 is 2.86 bits per heavy atom. The first-order valence-corrected chi connectivity index (χ1v) is 7.75. The Morgan fingerprint density at radius 1 is 1.14 bits per heavy atom. The molecule has 8 nitrogen and oxygen atoms in total. The molecule has 4 heterocycles. The number of hydrogen-bond donors (Lipinski definition) is 1. The summed E-state index contributed by atoms with van der Waals surface area (Å²) in [5.41, 5.74) is 1.39. The Hall–Kier alpha value is -2.39. The third-order valence-electron chi connectivity index (χ3n) is 3.32. The molecule has 1 fully saturated rings. The monoisotopic (exact) mass is 315 g/mol. The van der Waals surface area contributed by atoms with Gasteiger partial charge in [0.1, 0.15) is 17.4 Å². The molecule has 0 atom stereocenters. The Kier molecular flexibility index (Phi) is 3.49. The molecule has 0 aliphatic carbocycles. The molecule has 0 spiro atoms. The molecule has 0 amide bonds. The van der Waals surface area contributed by atoms with E-state index in [1.165, 1.54) is 17.7 Å². The maximum atomic E-state index is 5.36. The van der Waals surface area contributed by atoms with Gasteiger partial charge in [0.2, 0.25) is 5.95 Å². The van der Waals surface area contributed by atoms with Crippen LogP contribution in [0.25, 0.3) is 11.0 Å². The van der Waals surface area contributed by atoms with Crippen molar-refractivity contribution >= 4 is 39.3 Å². The minimum Gasteiger partial charge on any atom is -0.378 e. The second-order valence-corrected chi connectivity index (χ2v) is 5.58. The first-order valence-electron chi connectivity index (χ1n) is 6.87. The molecular formula is C13H13N7OS. The van der Waals surface area contributed by atoms with Crippen LogP contribution in [0.5, 0.6) is 0 Å². The Balaban J connectivity index is 1.73. The van der Waals surface area contributed by atoms with E-state index in [-0.39, 0.29) is 0 Å². The molecule has 9 heteroatoms. The van der Waals surface area contributed by atoms with Crippen molar-refractivity contribution in [2.75, 3.05) is 36.5 Å². The highest BCUT2D eigenvalue weighted by molar-refractivity contribution is 7.13. The van der Waals surface area contributed by atoms with Gasteiger partial charge in [-0.3, -0.25) is 0 Å². The lowest BCUT2D eigenvalue weighted by Gasteiger charge is -2.26. The largest absolute Gasteiger partial charge is 0.378 e. The van der Waals surface area contributed by atoms with Gasteiger partial charge in [-0.25, -0.2) is 24.9 Å². The van der Waals surface area contributed by atoms with Crippen LogP contribution in [0.4, 0.5) is 16.9 Å². The standard InChI is InChI=1S/C13H13N7OS/c1-6-22-13(14-1)19-11-10-9(16-8-17-11)7-15-12(18-10)20-2-4-21-5-3-20/h1,6-8H,2-5H2,(H,14,16,17,19). The van der Waals surface area contributed by atoms with Gasteiger partial charge in [-0.15, -0.1) is 11.3 Å². The highest BCUT2D eigenvalue weighted by Gasteiger charge is 2.16. The molecule has 112 valence electrons. The van der Waals surface area contributed by atoms with E-state index < -0.39 is 0 Å². The molecule has 0 radical (unpaired) electrons. The molecule has 0 aromatic carbocycles. The number of thiazole rings is 1. The predicted molar refractivity (Wildman–Crippen MR) is 83.6 cm³/mol. The third kappa shape index (κ3) is 2.55. The van der Waals surface area contributed by atoms with E-state index in [9.17, 15) is 0 Å². The van der Waals surface area contributed by atoms with Crippen LogP contribution in [-0.2, 0) is 4.74 Å². The number of aromatic nitrogens is 5. The third-order valence-corrected chi connectivity index (χ3v) is 4.00. The summed E-state index contributed by atoms with van der Waals surface area (Å²) in [5.74, 6) is 1.31. The zero-order valence-corrected chi connectivity index (χ0v) is 12.5. The SMILES string of the molecule is c1csc(Nc2ncnc3cnc(N4CCOCC4)nc23)n1. The fourth-order valence-corrected chi connectivity index (χ4v) is 2.77. The zero-order valence-electron chi connectivity index (χ0n) is 11.6. The summed E-state index contributed by atoms with van der Waals surface area (Å²) in [6.07, 6.45) is 4.96. The molecular weight excluding hydrogens is 302 g/mol. The number of nitrogens with zero attached hydrogens (tertiary/aromatic N) is 6. The Bertz CT molecular complexity index is 773. The number of morpholine rings is 1. The van der Waals surface area contributed by atoms with Gasteiger partial charge in [-0.1, -0.05) is 0 Å². The molecule has 0 unspecified atom stereocenters. The van der Waals surface area contributed by atoms with Crippen molar-refractivity contribution in [3.63, 3.8) is 0 Å². The van der Waals surface area contributed by atoms with Crippen LogP contribution in [0, 0.1) is 0 Å². The van der Waals surface area contributed by atoms with E-state index >= 15 is 0 Å². The molecule has 1 aliphatic rings. The molecule has 3 aromatic heterocycles. The van der Waals surface area contributed by atoms with Crippen LogP contribution in [0.2, 0.25) is 0 Å². The minimum absolute atomic E-state index is 0.636. The van der Waals surface area contributed by atoms with Crippen molar-refractivity contribution < 1.29 is 4.74 Å². The van der Waals surface area contributed by atoms with Gasteiger partial charge in [0.25, 0.3) is 0 Å². The van der Waals surface area contributed by atoms with E-state index in [0.29, 0.717) is 36.0 Å². The van der Waals surface area contributed by atoms with Crippen molar-refractivity contribution in [3.05, 3.63) is 24.1 Å². The van der Waals surface area contributed by atoms with E-state index in [2.05, 4.69) is 35.1 Å². The van der Waals surface area contributed by atoms with E-state index in [1.807, 2.05) is 5.38 Å². The highest BCUT2D eigenvalue weighted by Crippen LogP contribution is 2.23. The molecule has 1 saturated heterocycles. The maximum Gasteiger partial charge on any atom is 0.226 e. The summed E-state index contributed by atoms with van der Waals surface area (Å²) in [6.45, 7) is 2.96. The smallest absolute Gasteiger partial charge is 0.226 e.